The van der Waals surface area contributed by atoms with Crippen LogP contribution in [0.5, 0.6) is 0 Å². The molecule has 0 bridgehead atoms. The molecule has 9 heteroatoms. The maximum absolute atomic E-state index is 13.7. The number of aromatic amines is 1. The predicted molar refractivity (Wildman–Crippen MR) is 117 cm³/mol. The lowest BCUT2D eigenvalue weighted by molar-refractivity contribution is -0.137. The molecule has 2 aromatic heterocycles. The molecule has 1 aliphatic rings. The zero-order chi connectivity index (χ0) is 22.1. The second-order valence-electron chi connectivity index (χ2n) is 7.81. The van der Waals surface area contributed by atoms with Crippen LogP contribution >= 0.6 is 0 Å². The van der Waals surface area contributed by atoms with Crippen molar-refractivity contribution in [3.63, 3.8) is 0 Å². The van der Waals surface area contributed by atoms with Gasteiger partial charge in [0.25, 0.3) is 0 Å². The SMILES string of the molecule is FC(F)(F)c1ccccc1-c1nc(Nc2n[nH]c3ccccc23)cc(C2CCNCC2)n1. The summed E-state index contributed by atoms with van der Waals surface area (Å²) in [5.41, 5.74) is 0.797. The van der Waals surface area contributed by atoms with Crippen molar-refractivity contribution in [2.24, 2.45) is 0 Å². The highest BCUT2D eigenvalue weighted by atomic mass is 19.4. The van der Waals surface area contributed by atoms with Gasteiger partial charge in [-0.3, -0.25) is 5.10 Å². The Labute approximate surface area is 182 Å². The van der Waals surface area contributed by atoms with Crippen molar-refractivity contribution < 1.29 is 13.2 Å². The Bertz CT molecular complexity index is 1240. The monoisotopic (exact) mass is 438 g/mol. The van der Waals surface area contributed by atoms with Gasteiger partial charge >= 0.3 is 6.18 Å². The van der Waals surface area contributed by atoms with E-state index in [4.69, 9.17) is 0 Å². The largest absolute Gasteiger partial charge is 0.417 e. The van der Waals surface area contributed by atoms with Crippen molar-refractivity contribution >= 4 is 22.5 Å². The summed E-state index contributed by atoms with van der Waals surface area (Å²) in [6.07, 6.45) is -2.78. The molecule has 0 atom stereocenters. The highest BCUT2D eigenvalue weighted by Crippen LogP contribution is 2.37. The van der Waals surface area contributed by atoms with Gasteiger partial charge in [-0.1, -0.05) is 30.3 Å². The van der Waals surface area contributed by atoms with Gasteiger partial charge in [-0.2, -0.15) is 18.3 Å². The Hall–Kier alpha value is -3.46. The summed E-state index contributed by atoms with van der Waals surface area (Å²) in [7, 11) is 0. The van der Waals surface area contributed by atoms with Gasteiger partial charge in [0.15, 0.2) is 11.6 Å². The molecule has 3 heterocycles. The Kier molecular flexibility index (Phi) is 5.26. The van der Waals surface area contributed by atoms with Crippen molar-refractivity contribution in [3.05, 3.63) is 65.9 Å². The van der Waals surface area contributed by atoms with E-state index in [2.05, 4.69) is 30.8 Å². The molecule has 1 saturated heterocycles. The number of halogens is 3. The van der Waals surface area contributed by atoms with Crippen molar-refractivity contribution in [1.29, 1.82) is 0 Å². The number of para-hydroxylation sites is 1. The van der Waals surface area contributed by atoms with Crippen LogP contribution in [0.25, 0.3) is 22.3 Å². The minimum Gasteiger partial charge on any atom is -0.323 e. The molecule has 3 N–H and O–H groups in total. The van der Waals surface area contributed by atoms with Crippen LogP contribution in [0.2, 0.25) is 0 Å². The van der Waals surface area contributed by atoms with Gasteiger partial charge in [-0.05, 0) is 44.1 Å². The normalized spacial score (nSPS) is 15.2. The van der Waals surface area contributed by atoms with E-state index in [0.29, 0.717) is 11.6 Å². The van der Waals surface area contributed by atoms with Gasteiger partial charge in [-0.15, -0.1) is 0 Å². The van der Waals surface area contributed by atoms with Crippen LogP contribution in [-0.2, 0) is 6.18 Å². The van der Waals surface area contributed by atoms with Crippen molar-refractivity contribution in [1.82, 2.24) is 25.5 Å². The number of H-pyrrole nitrogens is 1. The van der Waals surface area contributed by atoms with Crippen molar-refractivity contribution in [2.45, 2.75) is 24.9 Å². The lowest BCUT2D eigenvalue weighted by Gasteiger charge is -2.23. The molecular formula is C23H21F3N6. The fraction of sp³-hybridized carbons (Fsp3) is 0.261. The van der Waals surface area contributed by atoms with Crippen molar-refractivity contribution in [2.75, 3.05) is 18.4 Å². The van der Waals surface area contributed by atoms with E-state index in [9.17, 15) is 13.2 Å². The summed E-state index contributed by atoms with van der Waals surface area (Å²) in [5, 5.41) is 14.6. The van der Waals surface area contributed by atoms with Gasteiger partial charge in [0.2, 0.25) is 0 Å². The number of anilines is 2. The standard InChI is InChI=1S/C23H21F3N6/c24-23(25,26)17-7-3-1-5-15(17)21-28-19(14-9-11-27-12-10-14)13-20(29-21)30-22-16-6-2-4-8-18(16)31-32-22/h1-8,13-14,27H,9-12H2,(H2,28,29,30,31,32). The number of nitrogens with one attached hydrogen (secondary N) is 3. The number of alkyl halides is 3. The lowest BCUT2D eigenvalue weighted by atomic mass is 9.94. The molecule has 0 saturated carbocycles. The van der Waals surface area contributed by atoms with Gasteiger partial charge in [-0.25, -0.2) is 9.97 Å². The third-order valence-electron chi connectivity index (χ3n) is 5.69. The molecule has 4 aromatic rings. The highest BCUT2D eigenvalue weighted by molar-refractivity contribution is 5.91. The fourth-order valence-corrected chi connectivity index (χ4v) is 4.08. The van der Waals surface area contributed by atoms with Crippen LogP contribution in [0.4, 0.5) is 24.8 Å². The van der Waals surface area contributed by atoms with Gasteiger partial charge in [0.1, 0.15) is 5.82 Å². The summed E-state index contributed by atoms with van der Waals surface area (Å²) < 4.78 is 41.0. The molecule has 0 spiro atoms. The first kappa shape index (κ1) is 20.4. The first-order valence-corrected chi connectivity index (χ1v) is 10.5. The number of rotatable bonds is 4. The molecule has 1 fully saturated rings. The number of hydrogen-bond donors (Lipinski definition) is 3. The molecule has 0 amide bonds. The maximum Gasteiger partial charge on any atom is 0.417 e. The molecule has 2 aromatic carbocycles. The summed E-state index contributed by atoms with van der Waals surface area (Å²) >= 11 is 0. The lowest BCUT2D eigenvalue weighted by Crippen LogP contribution is -2.27. The van der Waals surface area contributed by atoms with E-state index in [0.717, 1.165) is 48.6 Å². The quantitative estimate of drug-likeness (QED) is 0.406. The number of nitrogens with zero attached hydrogens (tertiary/aromatic N) is 3. The van der Waals surface area contributed by atoms with Crippen LogP contribution < -0.4 is 10.6 Å². The van der Waals surface area contributed by atoms with Crippen LogP contribution in [-0.4, -0.2) is 33.3 Å². The first-order valence-electron chi connectivity index (χ1n) is 10.5. The highest BCUT2D eigenvalue weighted by Gasteiger charge is 2.34. The second kappa shape index (κ2) is 8.23. The average Bonchev–Trinajstić information content (AvgIpc) is 3.22. The molecule has 0 aliphatic carbocycles. The minimum absolute atomic E-state index is 0.0364. The Morgan fingerprint density at radius 3 is 2.50 bits per heavy atom. The summed E-state index contributed by atoms with van der Waals surface area (Å²) in [4.78, 5) is 9.05. The summed E-state index contributed by atoms with van der Waals surface area (Å²) in [5.74, 6) is 1.17. The predicted octanol–water partition coefficient (Wildman–Crippen LogP) is 5.25. The number of piperidine rings is 1. The van der Waals surface area contributed by atoms with E-state index >= 15 is 0 Å². The maximum atomic E-state index is 13.7. The fourth-order valence-electron chi connectivity index (χ4n) is 4.08. The molecule has 164 valence electrons. The molecule has 0 radical (unpaired) electrons. The van der Waals surface area contributed by atoms with Crippen molar-refractivity contribution in [3.8, 4) is 11.4 Å². The van der Waals surface area contributed by atoms with E-state index < -0.39 is 11.7 Å². The summed E-state index contributed by atoms with van der Waals surface area (Å²) in [6.45, 7) is 1.69. The second-order valence-corrected chi connectivity index (χ2v) is 7.81. The smallest absolute Gasteiger partial charge is 0.323 e. The topological polar surface area (TPSA) is 78.5 Å². The van der Waals surface area contributed by atoms with E-state index in [1.165, 1.54) is 12.1 Å². The molecule has 6 nitrogen and oxygen atoms in total. The summed E-state index contributed by atoms with van der Waals surface area (Å²) in [6, 6.07) is 14.8. The van der Waals surface area contributed by atoms with Crippen LogP contribution in [0.3, 0.4) is 0 Å². The zero-order valence-corrected chi connectivity index (χ0v) is 17.1. The number of fused-ring (bicyclic) bond motifs is 1. The molecule has 32 heavy (non-hydrogen) atoms. The van der Waals surface area contributed by atoms with E-state index in [1.54, 1.807) is 6.07 Å². The van der Waals surface area contributed by atoms with Crippen LogP contribution in [0.15, 0.2) is 54.6 Å². The van der Waals surface area contributed by atoms with E-state index in [1.807, 2.05) is 30.3 Å². The van der Waals surface area contributed by atoms with Gasteiger partial charge in [0.05, 0.1) is 11.1 Å². The molecule has 1 aliphatic heterocycles. The zero-order valence-electron chi connectivity index (χ0n) is 17.1. The molecule has 5 rings (SSSR count). The van der Waals surface area contributed by atoms with Crippen LogP contribution in [0, 0.1) is 0 Å². The Balaban J connectivity index is 1.61. The average molecular weight is 438 g/mol. The van der Waals surface area contributed by atoms with Gasteiger partial charge < -0.3 is 10.6 Å². The van der Waals surface area contributed by atoms with Crippen LogP contribution in [0.1, 0.15) is 30.0 Å². The molecular weight excluding hydrogens is 417 g/mol. The Morgan fingerprint density at radius 2 is 1.69 bits per heavy atom. The third-order valence-corrected chi connectivity index (χ3v) is 5.69. The number of hydrogen-bond acceptors (Lipinski definition) is 5. The minimum atomic E-state index is -4.50. The molecule has 0 unspecified atom stereocenters. The number of benzene rings is 2. The van der Waals surface area contributed by atoms with Gasteiger partial charge in [0, 0.05) is 28.6 Å². The number of aromatic nitrogens is 4. The van der Waals surface area contributed by atoms with E-state index in [-0.39, 0.29) is 17.3 Å². The first-order chi connectivity index (χ1) is 15.5. The third kappa shape index (κ3) is 4.03. The Morgan fingerprint density at radius 1 is 0.938 bits per heavy atom.